The molecule has 1 aromatic carbocycles. The Labute approximate surface area is 376 Å². The van der Waals surface area contributed by atoms with Crippen molar-refractivity contribution < 1.29 is 0 Å². The van der Waals surface area contributed by atoms with Crippen LogP contribution in [0.3, 0.4) is 0 Å². The van der Waals surface area contributed by atoms with E-state index in [1.165, 1.54) is 86.5 Å². The number of hydrogen-bond donors (Lipinski definition) is 0. The van der Waals surface area contributed by atoms with Gasteiger partial charge in [-0.25, -0.2) is 0 Å². The second kappa shape index (κ2) is 54.5. The first-order chi connectivity index (χ1) is 27.8. The van der Waals surface area contributed by atoms with E-state index in [2.05, 4.69) is 134 Å². The Hall–Kier alpha value is -3.48. The highest BCUT2D eigenvalue weighted by Crippen LogP contribution is 2.34. The van der Waals surface area contributed by atoms with Crippen molar-refractivity contribution in [3.63, 3.8) is 0 Å². The fourth-order valence-electron chi connectivity index (χ4n) is 4.53. The van der Waals surface area contributed by atoms with Gasteiger partial charge in [0.15, 0.2) is 0 Å². The number of benzene rings is 1. The van der Waals surface area contributed by atoms with Crippen molar-refractivity contribution in [1.82, 2.24) is 0 Å². The van der Waals surface area contributed by atoms with Gasteiger partial charge in [0.1, 0.15) is 0 Å². The molecule has 0 saturated heterocycles. The molecule has 0 heteroatoms. The zero-order valence-electron chi connectivity index (χ0n) is 44.5. The summed E-state index contributed by atoms with van der Waals surface area (Å²) in [6.45, 7) is 60.6. The minimum atomic E-state index is 0.511. The maximum absolute atomic E-state index is 5.40. The van der Waals surface area contributed by atoms with Crippen molar-refractivity contribution in [1.29, 1.82) is 0 Å². The first kappa shape index (κ1) is 73.1. The van der Waals surface area contributed by atoms with Gasteiger partial charge < -0.3 is 0 Å². The van der Waals surface area contributed by atoms with E-state index < -0.39 is 0 Å². The lowest BCUT2D eigenvalue weighted by Gasteiger charge is -2.30. The van der Waals surface area contributed by atoms with Gasteiger partial charge in [-0.3, -0.25) is 0 Å². The number of unbranched alkanes of at least 4 members (excludes halogenated alkanes) is 2. The second-order valence-electron chi connectivity index (χ2n) is 15.3. The molecule has 0 nitrogen and oxygen atoms in total. The summed E-state index contributed by atoms with van der Waals surface area (Å²) in [5, 5.41) is 0. The predicted octanol–water partition coefficient (Wildman–Crippen LogP) is 20.9. The SMILES string of the molecule is C#C.C#Cc1cc(C(=C)/C=C\C)ccc1C.C=C(C)/C=C\C(CCCC)=C(C)C.C=C(C)C.CC.CC.CC.CCC(CCCC(C)C(C)(C)CC)=C(C)C.CCCC. The molecule has 59 heavy (non-hydrogen) atoms. The summed E-state index contributed by atoms with van der Waals surface area (Å²) in [5.41, 5.74) is 13.0. The van der Waals surface area contributed by atoms with Crippen molar-refractivity contribution >= 4 is 5.57 Å². The topological polar surface area (TPSA) is 0 Å². The Balaban J connectivity index is -0.0000000935. The molecule has 0 aliphatic heterocycles. The van der Waals surface area contributed by atoms with Crippen LogP contribution in [0.2, 0.25) is 0 Å². The Bertz CT molecular complexity index is 1290. The average Bonchev–Trinajstić information content (AvgIpc) is 3.22. The lowest BCUT2D eigenvalue weighted by Crippen LogP contribution is -2.20. The number of rotatable bonds is 15. The summed E-state index contributed by atoms with van der Waals surface area (Å²) < 4.78 is 0. The van der Waals surface area contributed by atoms with Crippen molar-refractivity contribution in [2.75, 3.05) is 0 Å². The van der Waals surface area contributed by atoms with Crippen LogP contribution in [0.1, 0.15) is 233 Å². The van der Waals surface area contributed by atoms with Gasteiger partial charge in [0, 0.05) is 5.56 Å². The molecule has 0 aliphatic rings. The van der Waals surface area contributed by atoms with E-state index in [0.717, 1.165) is 33.8 Å². The third-order valence-corrected chi connectivity index (χ3v) is 9.14. The van der Waals surface area contributed by atoms with Crippen LogP contribution in [0.5, 0.6) is 0 Å². The van der Waals surface area contributed by atoms with Gasteiger partial charge in [0.05, 0.1) is 0 Å². The molecule has 0 spiro atoms. The minimum absolute atomic E-state index is 0.511. The van der Waals surface area contributed by atoms with E-state index in [1.807, 2.05) is 107 Å². The van der Waals surface area contributed by atoms with E-state index in [0.29, 0.717) is 5.41 Å². The molecule has 1 rings (SSSR count). The lowest BCUT2D eigenvalue weighted by atomic mass is 9.75. The highest BCUT2D eigenvalue weighted by Gasteiger charge is 2.22. The third-order valence-electron chi connectivity index (χ3n) is 9.14. The molecule has 0 heterocycles. The zero-order valence-corrected chi connectivity index (χ0v) is 44.5. The van der Waals surface area contributed by atoms with E-state index in [9.17, 15) is 0 Å². The van der Waals surface area contributed by atoms with Gasteiger partial charge in [0.2, 0.25) is 0 Å². The predicted molar refractivity (Wildman–Crippen MR) is 286 cm³/mol. The van der Waals surface area contributed by atoms with Crippen LogP contribution in [-0.4, -0.2) is 0 Å². The highest BCUT2D eigenvalue weighted by atomic mass is 14.3. The van der Waals surface area contributed by atoms with Gasteiger partial charge in [-0.2, -0.15) is 0 Å². The van der Waals surface area contributed by atoms with Crippen LogP contribution >= 0.6 is 0 Å². The fraction of sp³-hybridized carbons (Fsp3) is 0.593. The van der Waals surface area contributed by atoms with Crippen LogP contribution < -0.4 is 0 Å². The van der Waals surface area contributed by atoms with Crippen LogP contribution in [0.4, 0.5) is 0 Å². The highest BCUT2D eigenvalue weighted by molar-refractivity contribution is 5.73. The molecule has 0 amide bonds. The van der Waals surface area contributed by atoms with Gasteiger partial charge in [-0.15, -0.1) is 25.8 Å². The standard InChI is InChI=1S/C16H32.C14H14.C13H22.C4H8.C4H10.3C2H6.C2H2/c1-8-15(13(3)4)12-10-11-14(5)16(6,7)9-2;1-5-7-11(3)14-9-8-12(4)13(6-2)10-14;1-6-7-8-13(12(4)5)10-9-11(2)3;1-4(2)3;1-3-4-2;4*1-2/h14H,8-12H2,1-7H3;2,5,7-10H,3H2,1,4H3;9-10H,2,6-8H2,1,3-5H3;1H2,2-3H3;3-4H2,1-2H3;3*1-2H3;1-2H/b;7-5-;10-9-;;;;;;. The molecule has 0 fully saturated rings. The Kier molecular flexibility index (Phi) is 67.5. The van der Waals surface area contributed by atoms with Crippen LogP contribution in [0.25, 0.3) is 5.57 Å². The number of aryl methyl sites for hydroxylation is 1. The van der Waals surface area contributed by atoms with Gasteiger partial charge >= 0.3 is 0 Å². The summed E-state index contributed by atoms with van der Waals surface area (Å²) >= 11 is 0. The van der Waals surface area contributed by atoms with E-state index in [1.54, 1.807) is 5.57 Å². The van der Waals surface area contributed by atoms with Crippen molar-refractivity contribution in [2.45, 2.75) is 223 Å². The maximum Gasteiger partial charge on any atom is 0.0277 e. The summed E-state index contributed by atoms with van der Waals surface area (Å²) in [5.74, 6) is 3.51. The first-order valence-corrected chi connectivity index (χ1v) is 23.3. The van der Waals surface area contributed by atoms with Gasteiger partial charge in [-0.05, 0) is 141 Å². The first-order valence-electron chi connectivity index (χ1n) is 23.3. The molecular formula is C59H106. The minimum Gasteiger partial charge on any atom is -0.124 e. The molecule has 0 aromatic heterocycles. The zero-order chi connectivity index (χ0) is 48.6. The van der Waals surface area contributed by atoms with Crippen molar-refractivity contribution in [3.05, 3.63) is 112 Å². The molecule has 342 valence electrons. The van der Waals surface area contributed by atoms with E-state index in [-0.39, 0.29) is 0 Å². The number of hydrogen-bond acceptors (Lipinski definition) is 0. The molecular weight excluding hydrogens is 709 g/mol. The summed E-state index contributed by atoms with van der Waals surface area (Å²) in [7, 11) is 0. The summed E-state index contributed by atoms with van der Waals surface area (Å²) in [4.78, 5) is 0. The molecule has 1 atom stereocenters. The molecule has 1 aromatic rings. The van der Waals surface area contributed by atoms with Crippen molar-refractivity contribution in [3.8, 4) is 25.2 Å². The Morgan fingerprint density at radius 2 is 1.20 bits per heavy atom. The molecule has 0 N–H and O–H groups in total. The monoisotopic (exact) mass is 815 g/mol. The van der Waals surface area contributed by atoms with E-state index >= 15 is 0 Å². The number of allylic oxidation sites excluding steroid dienone is 11. The normalized spacial score (nSPS) is 9.69. The quantitative estimate of drug-likeness (QED) is 0.0940. The molecule has 1 unspecified atom stereocenters. The molecule has 0 saturated carbocycles. The lowest BCUT2D eigenvalue weighted by molar-refractivity contribution is 0.206. The Morgan fingerprint density at radius 3 is 1.53 bits per heavy atom. The smallest absolute Gasteiger partial charge is 0.0277 e. The van der Waals surface area contributed by atoms with Crippen LogP contribution in [0, 0.1) is 43.4 Å². The van der Waals surface area contributed by atoms with Gasteiger partial charge in [0.25, 0.3) is 0 Å². The average molecular weight is 815 g/mol. The van der Waals surface area contributed by atoms with Crippen molar-refractivity contribution in [2.24, 2.45) is 11.3 Å². The summed E-state index contributed by atoms with van der Waals surface area (Å²) in [6.07, 6.45) is 34.6. The van der Waals surface area contributed by atoms with Crippen LogP contribution in [0.15, 0.2) is 95.7 Å². The van der Waals surface area contributed by atoms with E-state index in [4.69, 9.17) is 6.42 Å². The maximum atomic E-state index is 5.40. The molecule has 0 aliphatic carbocycles. The summed E-state index contributed by atoms with van der Waals surface area (Å²) in [6, 6.07) is 6.06. The molecule has 0 radical (unpaired) electrons. The second-order valence-corrected chi connectivity index (χ2v) is 15.3. The van der Waals surface area contributed by atoms with Crippen LogP contribution in [-0.2, 0) is 0 Å². The largest absolute Gasteiger partial charge is 0.124 e. The fourth-order valence-corrected chi connectivity index (χ4v) is 4.53. The number of terminal acetylenes is 2. The third kappa shape index (κ3) is 52.5. The Morgan fingerprint density at radius 1 is 0.729 bits per heavy atom. The molecule has 0 bridgehead atoms. The van der Waals surface area contributed by atoms with Gasteiger partial charge in [-0.1, -0.05) is 206 Å².